The number of likely N-dealkylation sites (tertiary alicyclic amines) is 1. The molecule has 10 heteroatoms. The topological polar surface area (TPSA) is 67.6 Å². The second-order valence-corrected chi connectivity index (χ2v) is 9.36. The standard InChI is InChI=1S/C21H23N3OS.C2HF3O2/c1-16-4-2-5-17(10-16)19-11-22-20-13-25-21(15-24(19)20)7-8-23(14-21)12-18-6-3-9-26-18;3-2(4,5)1(6)7/h2-6,9-11H,7-8,12-15H2,1H3;(H,6,7). The molecule has 0 radical (unpaired) electrons. The maximum Gasteiger partial charge on any atom is 0.490 e. The van der Waals surface area contributed by atoms with E-state index in [0.717, 1.165) is 38.4 Å². The van der Waals surface area contributed by atoms with Crippen LogP contribution in [0.5, 0.6) is 0 Å². The van der Waals surface area contributed by atoms with Crippen LogP contribution in [0.2, 0.25) is 0 Å². The maximum atomic E-state index is 10.6. The molecule has 1 saturated heterocycles. The number of hydrogen-bond acceptors (Lipinski definition) is 5. The quantitative estimate of drug-likeness (QED) is 0.589. The van der Waals surface area contributed by atoms with Crippen LogP contribution in [0.15, 0.2) is 48.0 Å². The summed E-state index contributed by atoms with van der Waals surface area (Å²) in [7, 11) is 0. The van der Waals surface area contributed by atoms with E-state index >= 15 is 0 Å². The van der Waals surface area contributed by atoms with Crippen molar-refractivity contribution < 1.29 is 27.8 Å². The van der Waals surface area contributed by atoms with Gasteiger partial charge in [-0.1, -0.05) is 29.8 Å². The number of ether oxygens (including phenoxy) is 1. The van der Waals surface area contributed by atoms with Crippen LogP contribution in [0.25, 0.3) is 11.3 Å². The molecule has 2 aliphatic heterocycles. The molecule has 1 fully saturated rings. The van der Waals surface area contributed by atoms with Crippen molar-refractivity contribution in [2.75, 3.05) is 13.1 Å². The van der Waals surface area contributed by atoms with Gasteiger partial charge in [-0.3, -0.25) is 4.90 Å². The fourth-order valence-corrected chi connectivity index (χ4v) is 4.97. The molecule has 1 aromatic carbocycles. The SMILES string of the molecule is Cc1cccc(-c2cnc3n2CC2(CCN(Cc4cccs4)C2)OC3)c1.O=C(O)C(F)(F)F. The number of halogens is 3. The lowest BCUT2D eigenvalue weighted by atomic mass is 10.0. The largest absolute Gasteiger partial charge is 0.490 e. The predicted molar refractivity (Wildman–Crippen MR) is 118 cm³/mol. The zero-order chi connectivity index (χ0) is 23.6. The molecule has 0 saturated carbocycles. The van der Waals surface area contributed by atoms with Gasteiger partial charge < -0.3 is 14.4 Å². The van der Waals surface area contributed by atoms with E-state index in [9.17, 15) is 13.2 Å². The lowest BCUT2D eigenvalue weighted by Gasteiger charge is -2.35. The van der Waals surface area contributed by atoms with Crippen molar-refractivity contribution in [1.82, 2.24) is 14.5 Å². The first kappa shape index (κ1) is 23.5. The number of carboxylic acid groups (broad SMARTS) is 1. The summed E-state index contributed by atoms with van der Waals surface area (Å²) in [6, 6.07) is 13.0. The summed E-state index contributed by atoms with van der Waals surface area (Å²) in [6.07, 6.45) is -1.99. The molecular weight excluding hydrogens is 455 g/mol. The van der Waals surface area contributed by atoms with Crippen molar-refractivity contribution >= 4 is 17.3 Å². The van der Waals surface area contributed by atoms with Gasteiger partial charge >= 0.3 is 12.1 Å². The van der Waals surface area contributed by atoms with Crippen molar-refractivity contribution in [2.45, 2.75) is 44.8 Å². The number of thiophene rings is 1. The first-order valence-electron chi connectivity index (χ1n) is 10.5. The first-order valence-corrected chi connectivity index (χ1v) is 11.3. The van der Waals surface area contributed by atoms with Crippen LogP contribution < -0.4 is 0 Å². The number of alkyl halides is 3. The molecular formula is C23H24F3N3O3S. The molecule has 0 amide bonds. The lowest BCUT2D eigenvalue weighted by Crippen LogP contribution is -2.44. The van der Waals surface area contributed by atoms with Crippen LogP contribution in [0, 0.1) is 6.92 Å². The third-order valence-electron chi connectivity index (χ3n) is 5.80. The monoisotopic (exact) mass is 479 g/mol. The van der Waals surface area contributed by atoms with Crippen LogP contribution in [0.3, 0.4) is 0 Å². The first-order chi connectivity index (χ1) is 15.7. The van der Waals surface area contributed by atoms with E-state index in [0.29, 0.717) is 6.61 Å². The molecule has 0 aliphatic carbocycles. The molecule has 1 spiro atoms. The number of fused-ring (bicyclic) bond motifs is 1. The van der Waals surface area contributed by atoms with E-state index < -0.39 is 12.1 Å². The summed E-state index contributed by atoms with van der Waals surface area (Å²) < 4.78 is 40.5. The number of aryl methyl sites for hydroxylation is 1. The summed E-state index contributed by atoms with van der Waals surface area (Å²) in [5.74, 6) is -1.71. The van der Waals surface area contributed by atoms with E-state index in [-0.39, 0.29) is 5.60 Å². The average Bonchev–Trinajstić information content (AvgIpc) is 3.49. The minimum atomic E-state index is -5.08. The highest BCUT2D eigenvalue weighted by Crippen LogP contribution is 2.36. The second-order valence-electron chi connectivity index (χ2n) is 8.33. The molecule has 1 N–H and O–H groups in total. The Morgan fingerprint density at radius 3 is 2.73 bits per heavy atom. The Balaban J connectivity index is 0.000000325. The fourth-order valence-electron chi connectivity index (χ4n) is 4.22. The Labute approximate surface area is 193 Å². The Bertz CT molecular complexity index is 1110. The highest BCUT2D eigenvalue weighted by molar-refractivity contribution is 7.09. The fraction of sp³-hybridized carbons (Fsp3) is 0.391. The number of aromatic nitrogens is 2. The molecule has 0 bridgehead atoms. The third kappa shape index (κ3) is 5.45. The highest BCUT2D eigenvalue weighted by Gasteiger charge is 2.43. The van der Waals surface area contributed by atoms with Crippen molar-refractivity contribution in [2.24, 2.45) is 0 Å². The second kappa shape index (κ2) is 9.28. The van der Waals surface area contributed by atoms with Crippen molar-refractivity contribution in [3.05, 3.63) is 64.2 Å². The number of aliphatic carboxylic acids is 1. The molecule has 6 nitrogen and oxygen atoms in total. The number of rotatable bonds is 3. The number of imidazole rings is 1. The number of carboxylic acids is 1. The van der Waals surface area contributed by atoms with E-state index in [4.69, 9.17) is 14.6 Å². The number of hydrogen-bond donors (Lipinski definition) is 1. The predicted octanol–water partition coefficient (Wildman–Crippen LogP) is 4.73. The maximum absolute atomic E-state index is 10.6. The Kier molecular flexibility index (Phi) is 6.60. The summed E-state index contributed by atoms with van der Waals surface area (Å²) in [6.45, 7) is 6.77. The van der Waals surface area contributed by atoms with Gasteiger partial charge in [0.25, 0.3) is 0 Å². The lowest BCUT2D eigenvalue weighted by molar-refractivity contribution is -0.192. The van der Waals surface area contributed by atoms with Gasteiger partial charge in [0.05, 0.1) is 18.4 Å². The Morgan fingerprint density at radius 1 is 1.27 bits per heavy atom. The van der Waals surface area contributed by atoms with Crippen LogP contribution in [0.1, 0.15) is 22.7 Å². The zero-order valence-corrected chi connectivity index (χ0v) is 18.8. The van der Waals surface area contributed by atoms with Crippen LogP contribution >= 0.6 is 11.3 Å². The molecule has 2 aromatic heterocycles. The van der Waals surface area contributed by atoms with Gasteiger partial charge in [0, 0.05) is 30.1 Å². The molecule has 33 heavy (non-hydrogen) atoms. The number of carbonyl (C=O) groups is 1. The van der Waals surface area contributed by atoms with E-state index in [1.54, 1.807) is 0 Å². The molecule has 4 heterocycles. The molecule has 1 atom stereocenters. The average molecular weight is 480 g/mol. The number of nitrogens with zero attached hydrogens (tertiary/aromatic N) is 3. The van der Waals surface area contributed by atoms with Crippen molar-refractivity contribution in [3.63, 3.8) is 0 Å². The van der Waals surface area contributed by atoms with Crippen LogP contribution in [0.4, 0.5) is 13.2 Å². The third-order valence-corrected chi connectivity index (χ3v) is 6.66. The van der Waals surface area contributed by atoms with Crippen molar-refractivity contribution in [3.8, 4) is 11.3 Å². The van der Waals surface area contributed by atoms with Crippen LogP contribution in [-0.2, 0) is 29.2 Å². The smallest absolute Gasteiger partial charge is 0.475 e. The molecule has 1 unspecified atom stereocenters. The zero-order valence-electron chi connectivity index (χ0n) is 18.0. The molecule has 176 valence electrons. The molecule has 2 aliphatic rings. The van der Waals surface area contributed by atoms with E-state index in [1.165, 1.54) is 21.7 Å². The summed E-state index contributed by atoms with van der Waals surface area (Å²) in [4.78, 5) is 17.5. The van der Waals surface area contributed by atoms with Gasteiger partial charge in [-0.15, -0.1) is 11.3 Å². The normalized spacial score (nSPS) is 20.4. The van der Waals surface area contributed by atoms with Gasteiger partial charge in [-0.25, -0.2) is 9.78 Å². The van der Waals surface area contributed by atoms with Crippen LogP contribution in [-0.4, -0.2) is 50.4 Å². The van der Waals surface area contributed by atoms with Gasteiger partial charge in [0.2, 0.25) is 0 Å². The van der Waals surface area contributed by atoms with Gasteiger partial charge in [-0.05, 0) is 30.9 Å². The Hall–Kier alpha value is -2.69. The summed E-state index contributed by atoms with van der Waals surface area (Å²) in [5.41, 5.74) is 3.66. The van der Waals surface area contributed by atoms with Gasteiger partial charge in [-0.2, -0.15) is 13.2 Å². The summed E-state index contributed by atoms with van der Waals surface area (Å²) >= 11 is 1.84. The number of benzene rings is 1. The highest BCUT2D eigenvalue weighted by atomic mass is 32.1. The minimum absolute atomic E-state index is 0.0798. The summed E-state index contributed by atoms with van der Waals surface area (Å²) in [5, 5.41) is 9.28. The minimum Gasteiger partial charge on any atom is -0.475 e. The molecule has 3 aromatic rings. The van der Waals surface area contributed by atoms with E-state index in [1.807, 2.05) is 17.5 Å². The van der Waals surface area contributed by atoms with Gasteiger partial charge in [0.15, 0.2) is 0 Å². The van der Waals surface area contributed by atoms with E-state index in [2.05, 4.69) is 63.2 Å². The van der Waals surface area contributed by atoms with Gasteiger partial charge in [0.1, 0.15) is 18.0 Å². The molecule has 5 rings (SSSR count). The van der Waals surface area contributed by atoms with Crippen molar-refractivity contribution in [1.29, 1.82) is 0 Å². The Morgan fingerprint density at radius 2 is 2.06 bits per heavy atom.